The van der Waals surface area contributed by atoms with E-state index in [1.165, 1.54) is 10.7 Å². The first kappa shape index (κ1) is 21.2. The third-order valence-corrected chi connectivity index (χ3v) is 6.33. The third-order valence-electron chi connectivity index (χ3n) is 4.59. The normalized spacial score (nSPS) is 13.0. The minimum atomic E-state index is -4.25. The molecule has 7 nitrogen and oxygen atoms in total. The zero-order valence-corrected chi connectivity index (χ0v) is 18.6. The minimum absolute atomic E-state index is 0.0355. The van der Waals surface area contributed by atoms with Crippen molar-refractivity contribution in [2.45, 2.75) is 6.16 Å². The maximum Gasteiger partial charge on any atom is 0.381 e. The van der Waals surface area contributed by atoms with Gasteiger partial charge in [0, 0.05) is 10.0 Å². The monoisotopic (exact) mass is 500 g/mol. The maximum atomic E-state index is 13.2. The van der Waals surface area contributed by atoms with Gasteiger partial charge in [0.1, 0.15) is 11.5 Å². The Labute approximate surface area is 186 Å². The SMILES string of the molecule is O=c1c(CP(=O)(O)Oc2ccc(Br)cc2)c(-c2ccccc2O)[nH]n1-c1ccccc1. The van der Waals surface area contributed by atoms with Gasteiger partial charge in [0.2, 0.25) is 0 Å². The van der Waals surface area contributed by atoms with Crippen LogP contribution >= 0.6 is 23.5 Å². The molecule has 3 aromatic carbocycles. The number of H-pyrrole nitrogens is 1. The van der Waals surface area contributed by atoms with Crippen molar-refractivity contribution in [3.8, 4) is 28.4 Å². The molecule has 0 saturated carbocycles. The second-order valence-electron chi connectivity index (χ2n) is 6.80. The van der Waals surface area contributed by atoms with Crippen LogP contribution in [0.4, 0.5) is 0 Å². The molecular formula is C22H18BrN2O5P. The highest BCUT2D eigenvalue weighted by Gasteiger charge is 2.29. The number of aromatic nitrogens is 2. The lowest BCUT2D eigenvalue weighted by Crippen LogP contribution is -2.17. The van der Waals surface area contributed by atoms with Gasteiger partial charge in [-0.3, -0.25) is 9.89 Å². The number of nitrogens with zero attached hydrogens (tertiary/aromatic N) is 1. The molecule has 0 aliphatic heterocycles. The van der Waals surface area contributed by atoms with Crippen LogP contribution in [0.3, 0.4) is 0 Å². The van der Waals surface area contributed by atoms with Crippen LogP contribution in [0.2, 0.25) is 0 Å². The number of phenolic OH excluding ortho intramolecular Hbond substituents is 1. The van der Waals surface area contributed by atoms with Crippen LogP contribution in [-0.2, 0) is 10.7 Å². The smallest absolute Gasteiger partial charge is 0.381 e. The summed E-state index contributed by atoms with van der Waals surface area (Å²) in [4.78, 5) is 23.7. The predicted octanol–water partition coefficient (Wildman–Crippen LogP) is 5.07. The lowest BCUT2D eigenvalue weighted by molar-refractivity contribution is 0.378. The van der Waals surface area contributed by atoms with Gasteiger partial charge < -0.3 is 14.5 Å². The largest absolute Gasteiger partial charge is 0.507 e. The second-order valence-corrected chi connectivity index (χ2v) is 9.49. The summed E-state index contributed by atoms with van der Waals surface area (Å²) in [5.41, 5.74) is 0.678. The van der Waals surface area contributed by atoms with E-state index in [0.29, 0.717) is 11.3 Å². The Morgan fingerprint density at radius 1 is 0.968 bits per heavy atom. The number of aromatic hydroxyl groups is 1. The van der Waals surface area contributed by atoms with Crippen molar-refractivity contribution in [1.29, 1.82) is 0 Å². The number of phenols is 1. The van der Waals surface area contributed by atoms with Crippen molar-refractivity contribution in [2.75, 3.05) is 0 Å². The Hall–Kier alpha value is -3.06. The summed E-state index contributed by atoms with van der Waals surface area (Å²) in [5, 5.41) is 13.3. The van der Waals surface area contributed by atoms with Crippen molar-refractivity contribution in [3.05, 3.63) is 99.3 Å². The molecule has 1 aromatic heterocycles. The number of benzene rings is 3. The third kappa shape index (κ3) is 4.66. The molecule has 0 fully saturated rings. The molecule has 4 rings (SSSR count). The van der Waals surface area contributed by atoms with Crippen molar-refractivity contribution in [1.82, 2.24) is 9.78 Å². The summed E-state index contributed by atoms with van der Waals surface area (Å²) in [6.45, 7) is 0. The number of hydrogen-bond acceptors (Lipinski definition) is 4. The molecule has 0 saturated heterocycles. The van der Waals surface area contributed by atoms with Gasteiger partial charge >= 0.3 is 7.60 Å². The highest BCUT2D eigenvalue weighted by Crippen LogP contribution is 2.47. The average Bonchev–Trinajstić information content (AvgIpc) is 3.06. The molecule has 0 spiro atoms. The van der Waals surface area contributed by atoms with Crippen LogP contribution in [0, 0.1) is 0 Å². The van der Waals surface area contributed by atoms with E-state index in [1.54, 1.807) is 66.7 Å². The lowest BCUT2D eigenvalue weighted by atomic mass is 10.1. The van der Waals surface area contributed by atoms with Crippen LogP contribution in [0.15, 0.2) is 88.1 Å². The van der Waals surface area contributed by atoms with Crippen molar-refractivity contribution < 1.29 is 19.1 Å². The number of halogens is 1. The van der Waals surface area contributed by atoms with Gasteiger partial charge in [-0.05, 0) is 48.5 Å². The fraction of sp³-hybridized carbons (Fsp3) is 0.0455. The molecule has 31 heavy (non-hydrogen) atoms. The minimum Gasteiger partial charge on any atom is -0.507 e. The molecule has 0 amide bonds. The van der Waals surface area contributed by atoms with Gasteiger partial charge in [0.25, 0.3) is 5.56 Å². The van der Waals surface area contributed by atoms with Crippen LogP contribution in [0.5, 0.6) is 11.5 Å². The highest BCUT2D eigenvalue weighted by atomic mass is 79.9. The Morgan fingerprint density at radius 3 is 2.29 bits per heavy atom. The zero-order chi connectivity index (χ0) is 22.0. The Bertz CT molecular complexity index is 1320. The van der Waals surface area contributed by atoms with Gasteiger partial charge in [-0.25, -0.2) is 9.25 Å². The molecule has 158 valence electrons. The molecular weight excluding hydrogens is 483 g/mol. The Kier molecular flexibility index (Phi) is 5.87. The van der Waals surface area contributed by atoms with E-state index >= 15 is 0 Å². The molecule has 0 aliphatic rings. The zero-order valence-electron chi connectivity index (χ0n) is 16.1. The number of hydrogen-bond donors (Lipinski definition) is 3. The van der Waals surface area contributed by atoms with Crippen LogP contribution in [-0.4, -0.2) is 19.8 Å². The van der Waals surface area contributed by atoms with E-state index in [2.05, 4.69) is 21.0 Å². The molecule has 1 atom stereocenters. The standard InChI is InChI=1S/C22H18BrN2O5P/c23-15-10-12-17(13-11-15)30-31(28,29)14-19-21(18-8-4-5-9-20(18)26)24-25(22(19)27)16-6-2-1-3-7-16/h1-13,24,26H,14H2,(H,28,29). The summed E-state index contributed by atoms with van der Waals surface area (Å²) < 4.78 is 20.3. The van der Waals surface area contributed by atoms with E-state index in [-0.39, 0.29) is 22.8 Å². The first-order valence-corrected chi connectivity index (χ1v) is 11.8. The highest BCUT2D eigenvalue weighted by molar-refractivity contribution is 9.10. The molecule has 0 radical (unpaired) electrons. The summed E-state index contributed by atoms with van der Waals surface area (Å²) in [5.74, 6) is 0.142. The summed E-state index contributed by atoms with van der Waals surface area (Å²) >= 11 is 3.30. The lowest BCUT2D eigenvalue weighted by Gasteiger charge is -2.13. The van der Waals surface area contributed by atoms with Gasteiger partial charge in [-0.2, -0.15) is 0 Å². The van der Waals surface area contributed by atoms with Gasteiger partial charge in [-0.15, -0.1) is 0 Å². The van der Waals surface area contributed by atoms with Gasteiger partial charge in [-0.1, -0.05) is 46.3 Å². The number of aromatic amines is 1. The molecule has 4 aromatic rings. The summed E-state index contributed by atoms with van der Waals surface area (Å²) in [7, 11) is -4.25. The Morgan fingerprint density at radius 2 is 1.61 bits per heavy atom. The topological polar surface area (TPSA) is 105 Å². The van der Waals surface area contributed by atoms with E-state index in [0.717, 1.165) is 4.47 Å². The van der Waals surface area contributed by atoms with Crippen molar-refractivity contribution in [2.24, 2.45) is 0 Å². The van der Waals surface area contributed by atoms with Crippen LogP contribution < -0.4 is 10.1 Å². The van der Waals surface area contributed by atoms with E-state index < -0.39 is 19.3 Å². The number of rotatable bonds is 6. The van der Waals surface area contributed by atoms with Gasteiger partial charge in [0.15, 0.2) is 0 Å². The molecule has 0 aliphatic carbocycles. The Balaban J connectivity index is 1.79. The maximum absolute atomic E-state index is 13.2. The first-order valence-electron chi connectivity index (χ1n) is 9.29. The average molecular weight is 501 g/mol. The van der Waals surface area contributed by atoms with Gasteiger partial charge in [0.05, 0.1) is 23.1 Å². The van der Waals surface area contributed by atoms with Crippen LogP contribution in [0.25, 0.3) is 16.9 Å². The fourth-order valence-corrected chi connectivity index (χ4v) is 4.65. The second kappa shape index (κ2) is 8.59. The molecule has 1 heterocycles. The first-order chi connectivity index (χ1) is 14.8. The molecule has 9 heteroatoms. The molecule has 0 bridgehead atoms. The number of para-hydroxylation sites is 2. The number of nitrogens with one attached hydrogen (secondary N) is 1. The fourth-order valence-electron chi connectivity index (χ4n) is 3.18. The van der Waals surface area contributed by atoms with Crippen LogP contribution in [0.1, 0.15) is 5.56 Å². The van der Waals surface area contributed by atoms with E-state index in [9.17, 15) is 19.4 Å². The van der Waals surface area contributed by atoms with E-state index in [1.807, 2.05) is 6.07 Å². The quantitative estimate of drug-likeness (QED) is 0.321. The summed E-state index contributed by atoms with van der Waals surface area (Å²) in [6.07, 6.45) is -0.540. The van der Waals surface area contributed by atoms with E-state index in [4.69, 9.17) is 4.52 Å². The molecule has 3 N–H and O–H groups in total. The summed E-state index contributed by atoms with van der Waals surface area (Å²) in [6, 6.07) is 21.7. The predicted molar refractivity (Wildman–Crippen MR) is 122 cm³/mol. The van der Waals surface area contributed by atoms with Crippen molar-refractivity contribution >= 4 is 23.5 Å². The molecule has 1 unspecified atom stereocenters. The van der Waals surface area contributed by atoms with Crippen molar-refractivity contribution in [3.63, 3.8) is 0 Å².